The smallest absolute Gasteiger partial charge is 0.271 e. The molecule has 0 aliphatic rings. The Labute approximate surface area is 134 Å². The molecule has 0 atom stereocenters. The topological polar surface area (TPSA) is 64.0 Å². The van der Waals surface area contributed by atoms with Gasteiger partial charge in [0.15, 0.2) is 0 Å². The molecule has 0 unspecified atom stereocenters. The minimum absolute atomic E-state index is 0.269. The second-order valence-electron chi connectivity index (χ2n) is 4.16. The first-order valence-electron chi connectivity index (χ1n) is 5.93. The van der Waals surface area contributed by atoms with Crippen LogP contribution >= 0.6 is 27.3 Å². The highest BCUT2D eigenvalue weighted by Crippen LogP contribution is 2.27. The molecule has 3 rings (SSSR count). The van der Waals surface area contributed by atoms with Crippen molar-refractivity contribution in [3.05, 3.63) is 58.6 Å². The first-order valence-corrected chi connectivity index (χ1v) is 9.02. The van der Waals surface area contributed by atoms with Crippen LogP contribution in [0.2, 0.25) is 0 Å². The Morgan fingerprint density at radius 3 is 2.48 bits per heavy atom. The van der Waals surface area contributed by atoms with Crippen molar-refractivity contribution < 1.29 is 8.42 Å². The lowest BCUT2D eigenvalue weighted by Gasteiger charge is -2.07. The van der Waals surface area contributed by atoms with Crippen LogP contribution < -0.4 is 4.72 Å². The molecule has 0 saturated carbocycles. The van der Waals surface area contributed by atoms with E-state index in [9.17, 15) is 8.42 Å². The standard InChI is InChI=1S/C13H10BrN3O2S2/c14-12-6-7-13(20-12)21(18,19)16-10-2-4-11(5-3-10)17-9-1-8-15-17/h1-9,16H. The third-order valence-electron chi connectivity index (χ3n) is 2.70. The third-order valence-corrected chi connectivity index (χ3v) is 6.20. The van der Waals surface area contributed by atoms with Crippen LogP contribution in [0.5, 0.6) is 0 Å². The van der Waals surface area contributed by atoms with Crippen LogP contribution in [0, 0.1) is 0 Å². The van der Waals surface area contributed by atoms with Gasteiger partial charge in [0.25, 0.3) is 10.0 Å². The van der Waals surface area contributed by atoms with Gasteiger partial charge in [-0.05, 0) is 58.4 Å². The predicted octanol–water partition coefficient (Wildman–Crippen LogP) is 3.50. The average molecular weight is 384 g/mol. The summed E-state index contributed by atoms with van der Waals surface area (Å²) in [6, 6.07) is 12.1. The summed E-state index contributed by atoms with van der Waals surface area (Å²) >= 11 is 4.43. The van der Waals surface area contributed by atoms with Crippen LogP contribution in [0.25, 0.3) is 5.69 Å². The number of thiophene rings is 1. The van der Waals surface area contributed by atoms with Gasteiger partial charge in [-0.25, -0.2) is 13.1 Å². The van der Waals surface area contributed by atoms with Gasteiger partial charge in [0, 0.05) is 18.1 Å². The van der Waals surface area contributed by atoms with Gasteiger partial charge in [-0.2, -0.15) is 5.10 Å². The van der Waals surface area contributed by atoms with E-state index in [2.05, 4.69) is 25.8 Å². The molecule has 0 aliphatic carbocycles. The summed E-state index contributed by atoms with van der Waals surface area (Å²) in [6.45, 7) is 0. The average Bonchev–Trinajstić information content (AvgIpc) is 3.10. The summed E-state index contributed by atoms with van der Waals surface area (Å²) in [6.07, 6.45) is 3.51. The van der Waals surface area contributed by atoms with E-state index < -0.39 is 10.0 Å². The van der Waals surface area contributed by atoms with Gasteiger partial charge in [-0.15, -0.1) is 11.3 Å². The lowest BCUT2D eigenvalue weighted by molar-refractivity contribution is 0.603. The van der Waals surface area contributed by atoms with Crippen molar-refractivity contribution >= 4 is 43.0 Å². The molecule has 0 fully saturated rings. The molecule has 21 heavy (non-hydrogen) atoms. The number of nitrogens with one attached hydrogen (secondary N) is 1. The van der Waals surface area contributed by atoms with E-state index in [-0.39, 0.29) is 4.21 Å². The Balaban J connectivity index is 1.82. The minimum atomic E-state index is -3.54. The number of anilines is 1. The zero-order chi connectivity index (χ0) is 14.9. The summed E-state index contributed by atoms with van der Waals surface area (Å²) < 4.78 is 29.7. The van der Waals surface area contributed by atoms with Gasteiger partial charge in [-0.3, -0.25) is 4.72 Å². The van der Waals surface area contributed by atoms with Crippen LogP contribution in [-0.2, 0) is 10.0 Å². The van der Waals surface area contributed by atoms with Gasteiger partial charge < -0.3 is 0 Å². The molecular formula is C13H10BrN3O2S2. The van der Waals surface area contributed by atoms with E-state index in [0.29, 0.717) is 5.69 Å². The lowest BCUT2D eigenvalue weighted by Crippen LogP contribution is -2.11. The largest absolute Gasteiger partial charge is 0.279 e. The van der Waals surface area contributed by atoms with E-state index in [1.54, 1.807) is 47.3 Å². The summed E-state index contributed by atoms with van der Waals surface area (Å²) in [7, 11) is -3.54. The Hall–Kier alpha value is -1.64. The Bertz CT molecular complexity index is 840. The molecule has 8 heteroatoms. The van der Waals surface area contributed by atoms with Crippen LogP contribution in [0.4, 0.5) is 5.69 Å². The highest BCUT2D eigenvalue weighted by Gasteiger charge is 2.16. The normalized spacial score (nSPS) is 11.5. The highest BCUT2D eigenvalue weighted by molar-refractivity contribution is 9.11. The van der Waals surface area contributed by atoms with E-state index >= 15 is 0 Å². The minimum Gasteiger partial charge on any atom is -0.279 e. The first-order chi connectivity index (χ1) is 10.0. The molecular weight excluding hydrogens is 374 g/mol. The maximum absolute atomic E-state index is 12.2. The fourth-order valence-corrected chi connectivity index (χ4v) is 4.82. The van der Waals surface area contributed by atoms with Gasteiger partial charge in [0.05, 0.1) is 9.47 Å². The molecule has 3 aromatic rings. The molecule has 0 bridgehead atoms. The second kappa shape index (κ2) is 5.63. The molecule has 0 spiro atoms. The molecule has 0 saturated heterocycles. The SMILES string of the molecule is O=S(=O)(Nc1ccc(-n2cccn2)cc1)c1ccc(Br)s1. The van der Waals surface area contributed by atoms with Crippen molar-refractivity contribution in [3.8, 4) is 5.69 Å². The molecule has 0 amide bonds. The molecule has 1 aromatic carbocycles. The lowest BCUT2D eigenvalue weighted by atomic mass is 10.3. The monoisotopic (exact) mass is 383 g/mol. The fraction of sp³-hybridized carbons (Fsp3) is 0. The van der Waals surface area contributed by atoms with Crippen molar-refractivity contribution in [2.45, 2.75) is 4.21 Å². The Morgan fingerprint density at radius 2 is 1.90 bits per heavy atom. The summed E-state index contributed by atoms with van der Waals surface area (Å²) in [4.78, 5) is 0. The molecule has 5 nitrogen and oxygen atoms in total. The molecule has 0 aliphatic heterocycles. The van der Waals surface area contributed by atoms with E-state index in [0.717, 1.165) is 9.47 Å². The molecule has 108 valence electrons. The highest BCUT2D eigenvalue weighted by atomic mass is 79.9. The Morgan fingerprint density at radius 1 is 1.14 bits per heavy atom. The van der Waals surface area contributed by atoms with Crippen molar-refractivity contribution in [2.75, 3.05) is 4.72 Å². The predicted molar refractivity (Wildman–Crippen MR) is 86.4 cm³/mol. The summed E-state index contributed by atoms with van der Waals surface area (Å²) in [5.74, 6) is 0. The number of aromatic nitrogens is 2. The zero-order valence-corrected chi connectivity index (χ0v) is 13.8. The van der Waals surface area contributed by atoms with Crippen LogP contribution in [0.15, 0.2) is 62.9 Å². The van der Waals surface area contributed by atoms with E-state index in [1.165, 1.54) is 11.3 Å². The van der Waals surface area contributed by atoms with E-state index in [1.807, 2.05) is 12.3 Å². The number of hydrogen-bond acceptors (Lipinski definition) is 4. The zero-order valence-electron chi connectivity index (χ0n) is 10.6. The van der Waals surface area contributed by atoms with Crippen molar-refractivity contribution in [1.82, 2.24) is 9.78 Å². The van der Waals surface area contributed by atoms with Gasteiger partial charge in [0.1, 0.15) is 4.21 Å². The quantitative estimate of drug-likeness (QED) is 0.749. The van der Waals surface area contributed by atoms with Gasteiger partial charge >= 0.3 is 0 Å². The summed E-state index contributed by atoms with van der Waals surface area (Å²) in [5, 5.41) is 4.12. The molecule has 1 N–H and O–H groups in total. The molecule has 2 heterocycles. The number of rotatable bonds is 4. The number of hydrogen-bond donors (Lipinski definition) is 1. The van der Waals surface area contributed by atoms with E-state index in [4.69, 9.17) is 0 Å². The number of benzene rings is 1. The number of sulfonamides is 1. The second-order valence-corrected chi connectivity index (χ2v) is 8.53. The fourth-order valence-electron chi connectivity index (χ4n) is 1.75. The molecule has 0 radical (unpaired) electrons. The first kappa shape index (κ1) is 14.3. The van der Waals surface area contributed by atoms with Crippen LogP contribution in [0.1, 0.15) is 0 Å². The van der Waals surface area contributed by atoms with Gasteiger partial charge in [-0.1, -0.05) is 0 Å². The van der Waals surface area contributed by atoms with Crippen molar-refractivity contribution in [2.24, 2.45) is 0 Å². The van der Waals surface area contributed by atoms with Crippen molar-refractivity contribution in [3.63, 3.8) is 0 Å². The van der Waals surface area contributed by atoms with Crippen molar-refractivity contribution in [1.29, 1.82) is 0 Å². The van der Waals surface area contributed by atoms with Crippen LogP contribution in [-0.4, -0.2) is 18.2 Å². The molecule has 2 aromatic heterocycles. The Kier molecular flexibility index (Phi) is 3.83. The third kappa shape index (κ3) is 3.17. The van der Waals surface area contributed by atoms with Crippen LogP contribution in [0.3, 0.4) is 0 Å². The van der Waals surface area contributed by atoms with Gasteiger partial charge in [0.2, 0.25) is 0 Å². The number of nitrogens with zero attached hydrogens (tertiary/aromatic N) is 2. The maximum Gasteiger partial charge on any atom is 0.271 e. The maximum atomic E-state index is 12.2. The summed E-state index contributed by atoms with van der Waals surface area (Å²) in [5.41, 5.74) is 1.37. The number of halogens is 1.